The van der Waals surface area contributed by atoms with Crippen LogP contribution in [0.25, 0.3) is 0 Å². The molecule has 1 atom stereocenters. The molecule has 5 heteroatoms. The number of carbonyl (C=O) groups is 1. The normalized spacial score (nSPS) is 20.7. The maximum Gasteiger partial charge on any atom is 0.255 e. The smallest absolute Gasteiger partial charge is 0.255 e. The summed E-state index contributed by atoms with van der Waals surface area (Å²) in [7, 11) is 0. The molecule has 1 saturated carbocycles. The lowest BCUT2D eigenvalue weighted by molar-refractivity contribution is 0.102. The summed E-state index contributed by atoms with van der Waals surface area (Å²) in [5.74, 6) is 1.56. The molecule has 1 aliphatic heterocycles. The van der Waals surface area contributed by atoms with Crippen LogP contribution in [0.15, 0.2) is 48.5 Å². The molecule has 2 aliphatic rings. The number of nitrogens with zero attached hydrogens (tertiary/aromatic N) is 1. The lowest BCUT2D eigenvalue weighted by atomic mass is 9.89. The SMILES string of the molecule is Nc1ccccc1NC(=O)c1ccc(OC2CCCN(CC3CCCCC3)CC2)cc1. The second-order valence-electron chi connectivity index (χ2n) is 9.04. The number of carbonyl (C=O) groups excluding carboxylic acids is 1. The van der Waals surface area contributed by atoms with Gasteiger partial charge in [0.1, 0.15) is 5.75 Å². The van der Waals surface area contributed by atoms with Crippen molar-refractivity contribution in [2.75, 3.05) is 30.7 Å². The second kappa shape index (κ2) is 10.7. The van der Waals surface area contributed by atoms with Gasteiger partial charge in [0.2, 0.25) is 0 Å². The van der Waals surface area contributed by atoms with Crippen molar-refractivity contribution >= 4 is 17.3 Å². The van der Waals surface area contributed by atoms with Gasteiger partial charge >= 0.3 is 0 Å². The Balaban J connectivity index is 1.26. The van der Waals surface area contributed by atoms with E-state index in [2.05, 4.69) is 10.2 Å². The largest absolute Gasteiger partial charge is 0.490 e. The van der Waals surface area contributed by atoms with Crippen LogP contribution in [0.4, 0.5) is 11.4 Å². The monoisotopic (exact) mass is 421 g/mol. The van der Waals surface area contributed by atoms with Crippen LogP contribution in [0.1, 0.15) is 61.7 Å². The molecule has 0 radical (unpaired) electrons. The van der Waals surface area contributed by atoms with Gasteiger partial charge in [-0.3, -0.25) is 4.79 Å². The molecule has 0 spiro atoms. The van der Waals surface area contributed by atoms with E-state index in [0.717, 1.165) is 31.1 Å². The number of nitrogen functional groups attached to an aromatic ring is 1. The van der Waals surface area contributed by atoms with Gasteiger partial charge in [-0.25, -0.2) is 0 Å². The van der Waals surface area contributed by atoms with Crippen molar-refractivity contribution in [1.82, 2.24) is 4.90 Å². The first-order chi connectivity index (χ1) is 15.2. The number of anilines is 2. The Bertz CT molecular complexity index is 846. The van der Waals surface area contributed by atoms with E-state index in [1.807, 2.05) is 36.4 Å². The highest BCUT2D eigenvalue weighted by Crippen LogP contribution is 2.26. The van der Waals surface area contributed by atoms with Crippen LogP contribution < -0.4 is 15.8 Å². The minimum atomic E-state index is -0.169. The number of nitrogens with one attached hydrogen (secondary N) is 1. The van der Waals surface area contributed by atoms with E-state index in [-0.39, 0.29) is 12.0 Å². The molecule has 1 heterocycles. The van der Waals surface area contributed by atoms with Crippen LogP contribution in [-0.4, -0.2) is 36.5 Å². The summed E-state index contributed by atoms with van der Waals surface area (Å²) in [6.07, 6.45) is 10.7. The van der Waals surface area contributed by atoms with Crippen LogP contribution in [0.3, 0.4) is 0 Å². The van der Waals surface area contributed by atoms with Crippen molar-refractivity contribution in [2.45, 2.75) is 57.5 Å². The molecule has 166 valence electrons. The number of para-hydroxylation sites is 2. The maximum atomic E-state index is 12.5. The van der Waals surface area contributed by atoms with Gasteiger partial charge in [0.05, 0.1) is 17.5 Å². The molecular formula is C26H35N3O2. The third-order valence-corrected chi connectivity index (χ3v) is 6.64. The standard InChI is InChI=1S/C26H35N3O2/c27-24-10-4-5-11-25(24)28-26(30)21-12-14-23(15-13-21)31-22-9-6-17-29(18-16-22)19-20-7-2-1-3-8-20/h4-5,10-15,20,22H,1-3,6-9,16-19,27H2,(H,28,30). The molecular weight excluding hydrogens is 386 g/mol. The lowest BCUT2D eigenvalue weighted by Gasteiger charge is -2.28. The molecule has 2 aromatic carbocycles. The van der Waals surface area contributed by atoms with Gasteiger partial charge < -0.3 is 20.7 Å². The third-order valence-electron chi connectivity index (χ3n) is 6.64. The molecule has 1 aliphatic carbocycles. The molecule has 2 aromatic rings. The van der Waals surface area contributed by atoms with Gasteiger partial charge in [0, 0.05) is 18.7 Å². The van der Waals surface area contributed by atoms with Gasteiger partial charge in [-0.2, -0.15) is 0 Å². The fourth-order valence-corrected chi connectivity index (χ4v) is 4.84. The van der Waals surface area contributed by atoms with Crippen LogP contribution in [0.2, 0.25) is 0 Å². The summed E-state index contributed by atoms with van der Waals surface area (Å²) < 4.78 is 6.27. The number of amides is 1. The quantitative estimate of drug-likeness (QED) is 0.618. The zero-order valence-electron chi connectivity index (χ0n) is 18.4. The summed E-state index contributed by atoms with van der Waals surface area (Å²) in [4.78, 5) is 15.2. The predicted octanol–water partition coefficient (Wildman–Crippen LogP) is 5.33. The number of hydrogen-bond acceptors (Lipinski definition) is 4. The van der Waals surface area contributed by atoms with Crippen LogP contribution >= 0.6 is 0 Å². The summed E-state index contributed by atoms with van der Waals surface area (Å²) in [5, 5.41) is 2.86. The van der Waals surface area contributed by atoms with Crippen molar-refractivity contribution in [3.63, 3.8) is 0 Å². The number of nitrogens with two attached hydrogens (primary N) is 1. The highest BCUT2D eigenvalue weighted by molar-refractivity contribution is 6.05. The molecule has 0 bridgehead atoms. The van der Waals surface area contributed by atoms with Crippen LogP contribution in [-0.2, 0) is 0 Å². The summed E-state index contributed by atoms with van der Waals surface area (Å²) in [5.41, 5.74) is 7.69. The van der Waals surface area contributed by atoms with Crippen molar-refractivity contribution in [2.24, 2.45) is 5.92 Å². The highest BCUT2D eigenvalue weighted by Gasteiger charge is 2.22. The topological polar surface area (TPSA) is 67.6 Å². The molecule has 1 saturated heterocycles. The van der Waals surface area contributed by atoms with E-state index in [9.17, 15) is 4.79 Å². The Morgan fingerprint density at radius 1 is 0.935 bits per heavy atom. The van der Waals surface area contributed by atoms with E-state index in [0.29, 0.717) is 16.9 Å². The summed E-state index contributed by atoms with van der Waals surface area (Å²) in [6, 6.07) is 14.7. The molecule has 2 fully saturated rings. The Morgan fingerprint density at radius 2 is 1.71 bits per heavy atom. The molecule has 5 nitrogen and oxygen atoms in total. The van der Waals surface area contributed by atoms with Crippen LogP contribution in [0.5, 0.6) is 5.75 Å². The number of rotatable bonds is 6. The van der Waals surface area contributed by atoms with Gasteiger partial charge in [-0.05, 0) is 81.0 Å². The number of hydrogen-bond donors (Lipinski definition) is 2. The molecule has 3 N–H and O–H groups in total. The lowest BCUT2D eigenvalue weighted by Crippen LogP contribution is -2.32. The average Bonchev–Trinajstić information content (AvgIpc) is 3.01. The minimum Gasteiger partial charge on any atom is -0.490 e. The Kier molecular flexibility index (Phi) is 7.47. The van der Waals surface area contributed by atoms with Gasteiger partial charge in [0.25, 0.3) is 5.91 Å². The fourth-order valence-electron chi connectivity index (χ4n) is 4.84. The highest BCUT2D eigenvalue weighted by atomic mass is 16.5. The van der Waals surface area contributed by atoms with E-state index in [1.54, 1.807) is 12.1 Å². The van der Waals surface area contributed by atoms with Crippen molar-refractivity contribution in [1.29, 1.82) is 0 Å². The molecule has 1 amide bonds. The Hall–Kier alpha value is -2.53. The Morgan fingerprint density at radius 3 is 2.48 bits per heavy atom. The van der Waals surface area contributed by atoms with Crippen molar-refractivity contribution in [3.05, 3.63) is 54.1 Å². The second-order valence-corrected chi connectivity index (χ2v) is 9.04. The van der Waals surface area contributed by atoms with E-state index in [4.69, 9.17) is 10.5 Å². The molecule has 0 aromatic heterocycles. The molecule has 31 heavy (non-hydrogen) atoms. The third kappa shape index (κ3) is 6.23. The van der Waals surface area contributed by atoms with Gasteiger partial charge in [0.15, 0.2) is 0 Å². The summed E-state index contributed by atoms with van der Waals surface area (Å²) >= 11 is 0. The van der Waals surface area contributed by atoms with Crippen LogP contribution in [0, 0.1) is 5.92 Å². The number of likely N-dealkylation sites (tertiary alicyclic amines) is 1. The average molecular weight is 422 g/mol. The van der Waals surface area contributed by atoms with E-state index in [1.165, 1.54) is 51.6 Å². The van der Waals surface area contributed by atoms with Gasteiger partial charge in [-0.15, -0.1) is 0 Å². The van der Waals surface area contributed by atoms with E-state index < -0.39 is 0 Å². The van der Waals surface area contributed by atoms with E-state index >= 15 is 0 Å². The van der Waals surface area contributed by atoms with Crippen molar-refractivity contribution in [3.8, 4) is 5.75 Å². The molecule has 4 rings (SSSR count). The summed E-state index contributed by atoms with van der Waals surface area (Å²) in [6.45, 7) is 3.58. The Labute approximate surface area is 186 Å². The first-order valence-corrected chi connectivity index (χ1v) is 11.8. The maximum absolute atomic E-state index is 12.5. The first kappa shape index (κ1) is 21.7. The van der Waals surface area contributed by atoms with Gasteiger partial charge in [-0.1, -0.05) is 31.4 Å². The molecule has 1 unspecified atom stereocenters. The fraction of sp³-hybridized carbons (Fsp3) is 0.500. The zero-order valence-corrected chi connectivity index (χ0v) is 18.4. The predicted molar refractivity (Wildman–Crippen MR) is 127 cm³/mol. The minimum absolute atomic E-state index is 0.169. The first-order valence-electron chi connectivity index (χ1n) is 11.8. The number of benzene rings is 2. The number of ether oxygens (including phenoxy) is 1. The zero-order chi connectivity index (χ0) is 21.5. The van der Waals surface area contributed by atoms with Crippen molar-refractivity contribution < 1.29 is 9.53 Å².